The van der Waals surface area contributed by atoms with E-state index in [9.17, 15) is 0 Å². The van der Waals surface area contributed by atoms with Crippen molar-refractivity contribution in [2.24, 2.45) is 0 Å². The molecule has 0 atom stereocenters. The van der Waals surface area contributed by atoms with Gasteiger partial charge in [0.15, 0.2) is 0 Å². The average molecular weight is 287 g/mol. The zero-order valence-corrected chi connectivity index (χ0v) is 13.4. The molecule has 0 aliphatic rings. The van der Waals surface area contributed by atoms with Crippen molar-refractivity contribution in [2.45, 2.75) is 27.2 Å². The zero-order chi connectivity index (χ0) is 15.5. The molecule has 0 bridgehead atoms. The number of hydrogen-bond acceptors (Lipinski definition) is 1. The van der Waals surface area contributed by atoms with E-state index in [0.29, 0.717) is 0 Å². The van der Waals surface area contributed by atoms with E-state index >= 15 is 0 Å². The van der Waals surface area contributed by atoms with Crippen LogP contribution in [0.3, 0.4) is 0 Å². The Kier molecular flexibility index (Phi) is 4.06. The fourth-order valence-electron chi connectivity index (χ4n) is 2.79. The molecule has 1 heteroatoms. The summed E-state index contributed by atoms with van der Waals surface area (Å²) < 4.78 is 0. The van der Waals surface area contributed by atoms with Gasteiger partial charge in [0, 0.05) is 17.8 Å². The molecule has 0 unspecified atom stereocenters. The molecule has 0 fully saturated rings. The summed E-state index contributed by atoms with van der Waals surface area (Å²) in [7, 11) is 0. The number of benzene rings is 2. The zero-order valence-electron chi connectivity index (χ0n) is 13.4. The quantitative estimate of drug-likeness (QED) is 0.640. The lowest BCUT2D eigenvalue weighted by Crippen LogP contribution is -2.00. The molecule has 0 aliphatic heterocycles. The molecule has 1 heterocycles. The van der Waals surface area contributed by atoms with E-state index in [1.807, 2.05) is 0 Å². The third-order valence-corrected chi connectivity index (χ3v) is 4.08. The number of aryl methyl sites for hydroxylation is 2. The van der Waals surface area contributed by atoms with Crippen molar-refractivity contribution in [2.75, 3.05) is 0 Å². The molecule has 2 aromatic carbocycles. The molecule has 0 saturated carbocycles. The normalized spacial score (nSPS) is 10.7. The number of pyridine rings is 1. The minimum atomic E-state index is 0.883. The number of rotatable bonds is 3. The highest BCUT2D eigenvalue weighted by Crippen LogP contribution is 2.27. The SMILES string of the molecule is Cc1ccc(Cc2nc(C)cc(-c3ccccc3)c2C)cc1. The molecular weight excluding hydrogens is 266 g/mol. The fraction of sp³-hybridized carbons (Fsp3) is 0.190. The predicted octanol–water partition coefficient (Wildman–Crippen LogP) is 5.26. The van der Waals surface area contributed by atoms with E-state index in [-0.39, 0.29) is 0 Å². The summed E-state index contributed by atoms with van der Waals surface area (Å²) in [6, 6.07) is 21.5. The molecule has 1 nitrogen and oxygen atoms in total. The summed E-state index contributed by atoms with van der Waals surface area (Å²) in [5.41, 5.74) is 8.67. The van der Waals surface area contributed by atoms with Gasteiger partial charge in [-0.15, -0.1) is 0 Å². The fourth-order valence-corrected chi connectivity index (χ4v) is 2.79. The molecule has 0 spiro atoms. The summed E-state index contributed by atoms with van der Waals surface area (Å²) in [5.74, 6) is 0. The van der Waals surface area contributed by atoms with Crippen LogP contribution >= 0.6 is 0 Å². The van der Waals surface area contributed by atoms with Crippen molar-refractivity contribution in [3.05, 3.63) is 88.7 Å². The monoisotopic (exact) mass is 287 g/mol. The average Bonchev–Trinajstić information content (AvgIpc) is 2.53. The summed E-state index contributed by atoms with van der Waals surface area (Å²) >= 11 is 0. The first-order valence-corrected chi connectivity index (χ1v) is 7.71. The van der Waals surface area contributed by atoms with Gasteiger partial charge in [0.05, 0.1) is 0 Å². The highest BCUT2D eigenvalue weighted by Gasteiger charge is 2.10. The van der Waals surface area contributed by atoms with Crippen molar-refractivity contribution in [3.8, 4) is 11.1 Å². The van der Waals surface area contributed by atoms with E-state index in [0.717, 1.165) is 12.1 Å². The lowest BCUT2D eigenvalue weighted by atomic mass is 9.96. The highest BCUT2D eigenvalue weighted by molar-refractivity contribution is 5.68. The van der Waals surface area contributed by atoms with Crippen molar-refractivity contribution in [3.63, 3.8) is 0 Å². The van der Waals surface area contributed by atoms with Crippen LogP contribution in [0.5, 0.6) is 0 Å². The van der Waals surface area contributed by atoms with Gasteiger partial charge < -0.3 is 0 Å². The van der Waals surface area contributed by atoms with Crippen LogP contribution in [-0.4, -0.2) is 4.98 Å². The molecule has 1 aromatic heterocycles. The molecular formula is C21H21N. The maximum Gasteiger partial charge on any atom is 0.0485 e. The first-order valence-electron chi connectivity index (χ1n) is 7.71. The largest absolute Gasteiger partial charge is 0.258 e. The van der Waals surface area contributed by atoms with Gasteiger partial charge in [0.1, 0.15) is 0 Å². The Balaban J connectivity index is 2.02. The molecule has 0 aliphatic carbocycles. The van der Waals surface area contributed by atoms with Crippen molar-refractivity contribution >= 4 is 0 Å². The minimum Gasteiger partial charge on any atom is -0.258 e. The first kappa shape index (κ1) is 14.5. The lowest BCUT2D eigenvalue weighted by Gasteiger charge is -2.13. The summed E-state index contributed by atoms with van der Waals surface area (Å²) in [6.07, 6.45) is 0.883. The van der Waals surface area contributed by atoms with Gasteiger partial charge in [-0.2, -0.15) is 0 Å². The highest BCUT2D eigenvalue weighted by atomic mass is 14.7. The molecule has 0 radical (unpaired) electrons. The Bertz CT molecular complexity index is 771. The maximum absolute atomic E-state index is 4.78. The Morgan fingerprint density at radius 2 is 1.50 bits per heavy atom. The Hall–Kier alpha value is -2.41. The summed E-state index contributed by atoms with van der Waals surface area (Å²) in [4.78, 5) is 4.78. The standard InChI is InChI=1S/C21H21N/c1-15-9-11-18(12-10-15)14-21-17(3)20(13-16(2)22-21)19-7-5-4-6-8-19/h4-13H,14H2,1-3H3. The third kappa shape index (κ3) is 3.09. The van der Waals surface area contributed by atoms with Gasteiger partial charge in [-0.05, 0) is 49.1 Å². The van der Waals surface area contributed by atoms with Crippen LogP contribution in [0.1, 0.15) is 28.1 Å². The van der Waals surface area contributed by atoms with Gasteiger partial charge >= 0.3 is 0 Å². The Morgan fingerprint density at radius 1 is 0.818 bits per heavy atom. The van der Waals surface area contributed by atoms with Gasteiger partial charge in [0.25, 0.3) is 0 Å². The molecule has 0 saturated heterocycles. The predicted molar refractivity (Wildman–Crippen MR) is 93.1 cm³/mol. The van der Waals surface area contributed by atoms with E-state index in [4.69, 9.17) is 4.98 Å². The van der Waals surface area contributed by atoms with Crippen LogP contribution in [-0.2, 0) is 6.42 Å². The van der Waals surface area contributed by atoms with Crippen molar-refractivity contribution in [1.29, 1.82) is 0 Å². The van der Waals surface area contributed by atoms with E-state index in [1.165, 1.54) is 33.5 Å². The van der Waals surface area contributed by atoms with Gasteiger partial charge in [-0.1, -0.05) is 60.2 Å². The molecule has 3 aromatic rings. The number of hydrogen-bond donors (Lipinski definition) is 0. The van der Waals surface area contributed by atoms with Crippen LogP contribution in [0.15, 0.2) is 60.7 Å². The second-order valence-corrected chi connectivity index (χ2v) is 5.91. The number of nitrogens with zero attached hydrogens (tertiary/aromatic N) is 1. The van der Waals surface area contributed by atoms with Crippen LogP contribution < -0.4 is 0 Å². The summed E-state index contributed by atoms with van der Waals surface area (Å²) in [5, 5.41) is 0. The molecule has 22 heavy (non-hydrogen) atoms. The van der Waals surface area contributed by atoms with Crippen molar-refractivity contribution < 1.29 is 0 Å². The topological polar surface area (TPSA) is 12.9 Å². The Morgan fingerprint density at radius 3 is 2.18 bits per heavy atom. The summed E-state index contributed by atoms with van der Waals surface area (Å²) in [6.45, 7) is 6.37. The van der Waals surface area contributed by atoms with Gasteiger partial charge in [-0.3, -0.25) is 4.98 Å². The maximum atomic E-state index is 4.78. The molecule has 3 rings (SSSR count). The first-order chi connectivity index (χ1) is 10.6. The minimum absolute atomic E-state index is 0.883. The van der Waals surface area contributed by atoms with Crippen LogP contribution in [0.2, 0.25) is 0 Å². The number of aromatic nitrogens is 1. The third-order valence-electron chi connectivity index (χ3n) is 4.08. The van der Waals surface area contributed by atoms with Crippen LogP contribution in [0.4, 0.5) is 0 Å². The molecule has 0 N–H and O–H groups in total. The Labute approximate surface area is 132 Å². The van der Waals surface area contributed by atoms with Crippen LogP contribution in [0, 0.1) is 20.8 Å². The second kappa shape index (κ2) is 6.15. The second-order valence-electron chi connectivity index (χ2n) is 5.91. The van der Waals surface area contributed by atoms with Crippen molar-refractivity contribution in [1.82, 2.24) is 4.98 Å². The van der Waals surface area contributed by atoms with Gasteiger partial charge in [0.2, 0.25) is 0 Å². The van der Waals surface area contributed by atoms with E-state index in [1.54, 1.807) is 0 Å². The van der Waals surface area contributed by atoms with E-state index in [2.05, 4.69) is 81.4 Å². The van der Waals surface area contributed by atoms with E-state index < -0.39 is 0 Å². The smallest absolute Gasteiger partial charge is 0.0485 e. The van der Waals surface area contributed by atoms with Crippen LogP contribution in [0.25, 0.3) is 11.1 Å². The molecule has 0 amide bonds. The van der Waals surface area contributed by atoms with Gasteiger partial charge in [-0.25, -0.2) is 0 Å². The molecule has 110 valence electrons. The lowest BCUT2D eigenvalue weighted by molar-refractivity contribution is 1.01.